The largest absolute Gasteiger partial charge is 0.346 e. The Morgan fingerprint density at radius 1 is 1.35 bits per heavy atom. The third kappa shape index (κ3) is 6.54. The first kappa shape index (κ1) is 21.3. The van der Waals surface area contributed by atoms with Crippen LogP contribution in [0.2, 0.25) is 0 Å². The molecule has 0 heterocycles. The van der Waals surface area contributed by atoms with Crippen molar-refractivity contribution in [1.29, 1.82) is 0 Å². The minimum atomic E-state index is -0.643. The Morgan fingerprint density at radius 2 is 1.96 bits per heavy atom. The molecule has 1 aromatic carbocycles. The lowest BCUT2D eigenvalue weighted by Crippen LogP contribution is -2.52. The van der Waals surface area contributed by atoms with E-state index in [2.05, 4.69) is 10.6 Å². The van der Waals surface area contributed by atoms with E-state index in [-0.39, 0.29) is 30.4 Å². The molecular weight excluding hydrogens is 321 g/mol. The van der Waals surface area contributed by atoms with Crippen molar-refractivity contribution < 1.29 is 14.0 Å². The van der Waals surface area contributed by atoms with Gasteiger partial charge in [0.05, 0.1) is 5.56 Å². The van der Waals surface area contributed by atoms with Crippen LogP contribution in [0.3, 0.4) is 0 Å². The van der Waals surface area contributed by atoms with Gasteiger partial charge in [-0.1, -0.05) is 13.8 Å². The first-order chi connectivity index (χ1) is 10.2. The second-order valence-electron chi connectivity index (χ2n) is 6.19. The summed E-state index contributed by atoms with van der Waals surface area (Å²) >= 11 is 0. The van der Waals surface area contributed by atoms with Crippen LogP contribution in [-0.2, 0) is 4.79 Å². The number of hydrogen-bond donors (Lipinski definition) is 3. The predicted molar refractivity (Wildman–Crippen MR) is 92.3 cm³/mol. The first-order valence-corrected chi connectivity index (χ1v) is 7.26. The van der Waals surface area contributed by atoms with E-state index in [1.165, 1.54) is 19.1 Å². The molecule has 0 aliphatic carbocycles. The lowest BCUT2D eigenvalue weighted by molar-refractivity contribution is -0.114. The normalized spacial score (nSPS) is 13.0. The summed E-state index contributed by atoms with van der Waals surface area (Å²) in [5.41, 5.74) is 5.40. The van der Waals surface area contributed by atoms with Gasteiger partial charge in [-0.3, -0.25) is 9.59 Å². The molecule has 0 fully saturated rings. The zero-order chi connectivity index (χ0) is 16.9. The Hall–Kier alpha value is -1.66. The van der Waals surface area contributed by atoms with E-state index in [1.54, 1.807) is 0 Å². The van der Waals surface area contributed by atoms with E-state index in [0.29, 0.717) is 18.0 Å². The van der Waals surface area contributed by atoms with E-state index in [0.717, 1.165) is 6.07 Å². The van der Waals surface area contributed by atoms with Crippen molar-refractivity contribution in [3.05, 3.63) is 29.6 Å². The molecule has 1 rings (SSSR count). The summed E-state index contributed by atoms with van der Waals surface area (Å²) in [6.07, 6.45) is 0.683. The molecule has 0 spiro atoms. The molecule has 0 aromatic heterocycles. The summed E-state index contributed by atoms with van der Waals surface area (Å²) in [4.78, 5) is 23.4. The zero-order valence-corrected chi connectivity index (χ0v) is 14.7. The summed E-state index contributed by atoms with van der Waals surface area (Å²) in [5, 5.41) is 5.32. The van der Waals surface area contributed by atoms with Gasteiger partial charge in [0.2, 0.25) is 5.91 Å². The fourth-order valence-electron chi connectivity index (χ4n) is 2.41. The molecule has 5 nitrogen and oxygen atoms in total. The topological polar surface area (TPSA) is 84.2 Å². The number of amides is 2. The Balaban J connectivity index is 0.00000484. The third-order valence-electron chi connectivity index (χ3n) is 3.26. The summed E-state index contributed by atoms with van der Waals surface area (Å²) in [5.74, 6) is -1.14. The molecule has 0 bridgehead atoms. The fraction of sp³-hybridized carbons (Fsp3) is 0.500. The highest BCUT2D eigenvalue weighted by Gasteiger charge is 2.27. The number of carbonyl (C=O) groups is 2. The van der Waals surface area contributed by atoms with Gasteiger partial charge < -0.3 is 16.4 Å². The number of rotatable bonds is 6. The van der Waals surface area contributed by atoms with Crippen LogP contribution in [0.5, 0.6) is 0 Å². The van der Waals surface area contributed by atoms with Gasteiger partial charge in [-0.25, -0.2) is 4.39 Å². The van der Waals surface area contributed by atoms with Crippen LogP contribution in [0.1, 0.15) is 44.5 Å². The minimum absolute atomic E-state index is 0. The molecule has 1 atom stereocenters. The Kier molecular flexibility index (Phi) is 8.20. The first-order valence-electron chi connectivity index (χ1n) is 7.26. The Morgan fingerprint density at radius 3 is 2.43 bits per heavy atom. The van der Waals surface area contributed by atoms with Crippen LogP contribution < -0.4 is 16.4 Å². The number of benzene rings is 1. The molecule has 1 aromatic rings. The van der Waals surface area contributed by atoms with Crippen molar-refractivity contribution in [3.63, 3.8) is 0 Å². The molecule has 130 valence electrons. The van der Waals surface area contributed by atoms with E-state index in [1.807, 2.05) is 20.8 Å². The summed E-state index contributed by atoms with van der Waals surface area (Å²) in [6, 6.07) is 3.88. The van der Waals surface area contributed by atoms with Gasteiger partial charge in [-0.15, -0.1) is 12.4 Å². The van der Waals surface area contributed by atoms with Crippen LogP contribution in [0, 0.1) is 11.7 Å². The number of carbonyl (C=O) groups excluding carboxylic acids is 2. The minimum Gasteiger partial charge on any atom is -0.346 e. The third-order valence-corrected chi connectivity index (χ3v) is 3.26. The SMILES string of the molecule is CC(=O)Nc1ccc(F)c(C(=O)NC(C)(CN)CC(C)C)c1.Cl. The maximum atomic E-state index is 13.9. The fourth-order valence-corrected chi connectivity index (χ4v) is 2.41. The van der Waals surface area contributed by atoms with Gasteiger partial charge in [0, 0.05) is 24.7 Å². The van der Waals surface area contributed by atoms with Gasteiger partial charge in [-0.2, -0.15) is 0 Å². The molecule has 2 amide bonds. The monoisotopic (exact) mass is 345 g/mol. The van der Waals surface area contributed by atoms with E-state index in [9.17, 15) is 14.0 Å². The van der Waals surface area contributed by atoms with Crippen molar-refractivity contribution in [2.75, 3.05) is 11.9 Å². The van der Waals surface area contributed by atoms with Gasteiger partial charge >= 0.3 is 0 Å². The predicted octanol–water partition coefficient (Wildman–Crippen LogP) is 2.70. The van der Waals surface area contributed by atoms with Crippen molar-refractivity contribution in [1.82, 2.24) is 5.32 Å². The van der Waals surface area contributed by atoms with Crippen LogP contribution >= 0.6 is 12.4 Å². The number of nitrogens with two attached hydrogens (primary N) is 1. The van der Waals surface area contributed by atoms with E-state index < -0.39 is 17.3 Å². The van der Waals surface area contributed by atoms with Crippen molar-refractivity contribution in [2.45, 2.75) is 39.7 Å². The maximum absolute atomic E-state index is 13.9. The highest BCUT2D eigenvalue weighted by atomic mass is 35.5. The quantitative estimate of drug-likeness (QED) is 0.741. The maximum Gasteiger partial charge on any atom is 0.254 e. The second kappa shape index (κ2) is 8.84. The Labute approximate surface area is 142 Å². The van der Waals surface area contributed by atoms with E-state index in [4.69, 9.17) is 5.73 Å². The zero-order valence-electron chi connectivity index (χ0n) is 13.9. The van der Waals surface area contributed by atoms with Crippen molar-refractivity contribution in [3.8, 4) is 0 Å². The lowest BCUT2D eigenvalue weighted by Gasteiger charge is -2.31. The number of halogens is 2. The second-order valence-corrected chi connectivity index (χ2v) is 6.19. The lowest BCUT2D eigenvalue weighted by atomic mass is 9.90. The molecule has 4 N–H and O–H groups in total. The van der Waals surface area contributed by atoms with Crippen LogP contribution in [0.25, 0.3) is 0 Å². The molecule has 0 saturated heterocycles. The molecule has 0 radical (unpaired) electrons. The summed E-state index contributed by atoms with van der Waals surface area (Å²) in [6.45, 7) is 7.48. The van der Waals surface area contributed by atoms with Gasteiger partial charge in [0.25, 0.3) is 5.91 Å². The van der Waals surface area contributed by atoms with Crippen LogP contribution in [-0.4, -0.2) is 23.9 Å². The molecule has 23 heavy (non-hydrogen) atoms. The molecule has 0 aliphatic rings. The van der Waals surface area contributed by atoms with E-state index >= 15 is 0 Å². The number of nitrogens with one attached hydrogen (secondary N) is 2. The van der Waals surface area contributed by atoms with Gasteiger partial charge in [0.1, 0.15) is 5.82 Å². The van der Waals surface area contributed by atoms with Gasteiger partial charge in [0.15, 0.2) is 0 Å². The molecule has 7 heteroatoms. The smallest absolute Gasteiger partial charge is 0.254 e. The number of anilines is 1. The van der Waals surface area contributed by atoms with Crippen LogP contribution in [0.15, 0.2) is 18.2 Å². The average molecular weight is 346 g/mol. The van der Waals surface area contributed by atoms with Crippen LogP contribution in [0.4, 0.5) is 10.1 Å². The average Bonchev–Trinajstić information content (AvgIpc) is 2.39. The Bertz CT molecular complexity index is 566. The summed E-state index contributed by atoms with van der Waals surface area (Å²) in [7, 11) is 0. The standard InChI is InChI=1S/C16H24FN3O2.ClH/c1-10(2)8-16(4,9-18)20-15(22)13-7-12(19-11(3)21)5-6-14(13)17;/h5-7,10H,8-9,18H2,1-4H3,(H,19,21)(H,20,22);1H. The summed E-state index contributed by atoms with van der Waals surface area (Å²) < 4.78 is 13.9. The van der Waals surface area contributed by atoms with Gasteiger partial charge in [-0.05, 0) is 37.5 Å². The highest BCUT2D eigenvalue weighted by Crippen LogP contribution is 2.19. The molecular formula is C16H25ClFN3O2. The molecule has 1 unspecified atom stereocenters. The van der Waals surface area contributed by atoms with Crippen molar-refractivity contribution >= 4 is 29.9 Å². The number of hydrogen-bond acceptors (Lipinski definition) is 3. The van der Waals surface area contributed by atoms with Crippen molar-refractivity contribution in [2.24, 2.45) is 11.7 Å². The molecule has 0 saturated carbocycles. The highest BCUT2D eigenvalue weighted by molar-refractivity contribution is 5.97. The molecule has 0 aliphatic heterocycles.